The average molecular weight is 421 g/mol. The Morgan fingerprint density at radius 3 is 2.36 bits per heavy atom. The van der Waals surface area contributed by atoms with Crippen molar-refractivity contribution in [3.8, 4) is 0 Å². The van der Waals surface area contributed by atoms with E-state index >= 15 is 0 Å². The molecule has 3 aromatic rings. The number of rotatable bonds is 5. The SMILES string of the molecule is Cc1ccc(Cn2nccc2NC(=O)Cc2ccc(Br)cc2)cc1.Cl. The van der Waals surface area contributed by atoms with Crippen LogP contribution in [0.3, 0.4) is 0 Å². The number of nitrogens with one attached hydrogen (secondary N) is 1. The highest BCUT2D eigenvalue weighted by atomic mass is 79.9. The number of halogens is 2. The first-order chi connectivity index (χ1) is 11.6. The van der Waals surface area contributed by atoms with Gasteiger partial charge in [0.2, 0.25) is 5.91 Å². The van der Waals surface area contributed by atoms with Crippen molar-refractivity contribution in [2.75, 3.05) is 5.32 Å². The Bertz CT molecular complexity index is 829. The lowest BCUT2D eigenvalue weighted by Gasteiger charge is -2.09. The molecule has 0 fully saturated rings. The maximum Gasteiger partial charge on any atom is 0.229 e. The van der Waals surface area contributed by atoms with Crippen LogP contribution in [0.25, 0.3) is 0 Å². The van der Waals surface area contributed by atoms with Gasteiger partial charge in [0.15, 0.2) is 0 Å². The highest BCUT2D eigenvalue weighted by Gasteiger charge is 2.09. The summed E-state index contributed by atoms with van der Waals surface area (Å²) < 4.78 is 2.80. The molecule has 0 spiro atoms. The molecule has 1 amide bonds. The topological polar surface area (TPSA) is 46.9 Å². The first-order valence-corrected chi connectivity index (χ1v) is 8.51. The molecule has 3 rings (SSSR count). The molecule has 0 saturated heterocycles. The summed E-state index contributed by atoms with van der Waals surface area (Å²) in [5.41, 5.74) is 3.34. The molecule has 130 valence electrons. The normalized spacial score (nSPS) is 10.2. The minimum Gasteiger partial charge on any atom is -0.311 e. The summed E-state index contributed by atoms with van der Waals surface area (Å²) in [5.74, 6) is 0.653. The number of benzene rings is 2. The fraction of sp³-hybridized carbons (Fsp3) is 0.158. The minimum absolute atomic E-state index is 0. The summed E-state index contributed by atoms with van der Waals surface area (Å²) in [4.78, 5) is 12.3. The van der Waals surface area contributed by atoms with Crippen LogP contribution in [0.15, 0.2) is 65.3 Å². The van der Waals surface area contributed by atoms with Gasteiger partial charge in [-0.15, -0.1) is 12.4 Å². The zero-order chi connectivity index (χ0) is 16.9. The van der Waals surface area contributed by atoms with Crippen molar-refractivity contribution in [1.29, 1.82) is 0 Å². The molecular weight excluding hydrogens is 402 g/mol. The lowest BCUT2D eigenvalue weighted by atomic mass is 10.1. The predicted molar refractivity (Wildman–Crippen MR) is 106 cm³/mol. The van der Waals surface area contributed by atoms with Crippen LogP contribution < -0.4 is 5.32 Å². The number of nitrogens with zero attached hydrogens (tertiary/aromatic N) is 2. The summed E-state index contributed by atoms with van der Waals surface area (Å²) in [6, 6.07) is 17.9. The number of aryl methyl sites for hydroxylation is 1. The minimum atomic E-state index is -0.0528. The molecule has 25 heavy (non-hydrogen) atoms. The van der Waals surface area contributed by atoms with E-state index in [4.69, 9.17) is 0 Å². The highest BCUT2D eigenvalue weighted by molar-refractivity contribution is 9.10. The molecule has 0 radical (unpaired) electrons. The Balaban J connectivity index is 0.00000225. The molecule has 6 heteroatoms. The second-order valence-electron chi connectivity index (χ2n) is 5.71. The van der Waals surface area contributed by atoms with Crippen molar-refractivity contribution in [3.63, 3.8) is 0 Å². The standard InChI is InChI=1S/C19H18BrN3O.ClH/c1-14-2-4-16(5-3-14)13-23-18(10-11-21-23)22-19(24)12-15-6-8-17(20)9-7-15;/h2-11H,12-13H2,1H3,(H,22,24);1H. The van der Waals surface area contributed by atoms with E-state index in [0.29, 0.717) is 18.8 Å². The summed E-state index contributed by atoms with van der Waals surface area (Å²) >= 11 is 3.39. The van der Waals surface area contributed by atoms with E-state index in [0.717, 1.165) is 15.6 Å². The third-order valence-electron chi connectivity index (χ3n) is 3.71. The van der Waals surface area contributed by atoms with Crippen LogP contribution >= 0.6 is 28.3 Å². The van der Waals surface area contributed by atoms with Crippen LogP contribution in [0.1, 0.15) is 16.7 Å². The van der Waals surface area contributed by atoms with Crippen molar-refractivity contribution in [3.05, 3.63) is 82.0 Å². The Hall–Kier alpha value is -2.11. The van der Waals surface area contributed by atoms with Crippen molar-refractivity contribution in [1.82, 2.24) is 9.78 Å². The lowest BCUT2D eigenvalue weighted by molar-refractivity contribution is -0.115. The zero-order valence-electron chi connectivity index (χ0n) is 13.8. The summed E-state index contributed by atoms with van der Waals surface area (Å²) in [7, 11) is 0. The van der Waals surface area contributed by atoms with Crippen molar-refractivity contribution >= 4 is 40.1 Å². The molecule has 0 unspecified atom stereocenters. The van der Waals surface area contributed by atoms with Gasteiger partial charge in [0.25, 0.3) is 0 Å². The molecular formula is C19H19BrClN3O. The molecule has 2 aromatic carbocycles. The van der Waals surface area contributed by atoms with Gasteiger partial charge < -0.3 is 5.32 Å². The largest absolute Gasteiger partial charge is 0.311 e. The Kier molecular flexibility index (Phi) is 6.79. The van der Waals surface area contributed by atoms with Crippen molar-refractivity contribution in [2.24, 2.45) is 0 Å². The maximum absolute atomic E-state index is 12.3. The third-order valence-corrected chi connectivity index (χ3v) is 4.24. The van der Waals surface area contributed by atoms with E-state index in [2.05, 4.69) is 57.5 Å². The molecule has 1 aromatic heterocycles. The molecule has 0 aliphatic rings. The fourth-order valence-electron chi connectivity index (χ4n) is 2.41. The molecule has 0 aliphatic heterocycles. The van der Waals surface area contributed by atoms with Gasteiger partial charge in [0.05, 0.1) is 19.2 Å². The number of carbonyl (C=O) groups excluding carboxylic acids is 1. The van der Waals surface area contributed by atoms with Gasteiger partial charge in [0, 0.05) is 10.5 Å². The molecule has 1 heterocycles. The molecule has 0 aliphatic carbocycles. The Labute approximate surface area is 161 Å². The second kappa shape index (κ2) is 8.83. The number of hydrogen-bond donors (Lipinski definition) is 1. The molecule has 0 atom stereocenters. The molecule has 0 bridgehead atoms. The van der Waals surface area contributed by atoms with Crippen molar-refractivity contribution in [2.45, 2.75) is 19.9 Å². The zero-order valence-corrected chi connectivity index (χ0v) is 16.2. The third kappa shape index (κ3) is 5.44. The summed E-state index contributed by atoms with van der Waals surface area (Å²) in [5, 5.41) is 7.24. The monoisotopic (exact) mass is 419 g/mol. The van der Waals surface area contributed by atoms with E-state index in [-0.39, 0.29) is 18.3 Å². The highest BCUT2D eigenvalue weighted by Crippen LogP contribution is 2.13. The van der Waals surface area contributed by atoms with Crippen LogP contribution in [0.4, 0.5) is 5.82 Å². The van der Waals surface area contributed by atoms with Gasteiger partial charge >= 0.3 is 0 Å². The first kappa shape index (κ1) is 19.2. The van der Waals surface area contributed by atoms with Crippen molar-refractivity contribution < 1.29 is 4.79 Å². The lowest BCUT2D eigenvalue weighted by Crippen LogP contribution is -2.18. The summed E-state index contributed by atoms with van der Waals surface area (Å²) in [6.45, 7) is 2.69. The van der Waals surface area contributed by atoms with E-state index in [1.54, 1.807) is 10.9 Å². The first-order valence-electron chi connectivity index (χ1n) is 7.72. The van der Waals surface area contributed by atoms with E-state index in [1.807, 2.05) is 30.3 Å². The number of aromatic nitrogens is 2. The Morgan fingerprint density at radius 1 is 1.04 bits per heavy atom. The molecule has 1 N–H and O–H groups in total. The van der Waals surface area contributed by atoms with Crippen LogP contribution in [-0.2, 0) is 17.8 Å². The average Bonchev–Trinajstić information content (AvgIpc) is 2.98. The molecule has 4 nitrogen and oxygen atoms in total. The maximum atomic E-state index is 12.3. The van der Waals surface area contributed by atoms with Crippen LogP contribution in [0.5, 0.6) is 0 Å². The van der Waals surface area contributed by atoms with Gasteiger partial charge in [-0.1, -0.05) is 57.9 Å². The van der Waals surface area contributed by atoms with Crippen LogP contribution in [0.2, 0.25) is 0 Å². The predicted octanol–water partition coefficient (Wildman–Crippen LogP) is 4.61. The Morgan fingerprint density at radius 2 is 1.68 bits per heavy atom. The van der Waals surface area contributed by atoms with Crippen LogP contribution in [0, 0.1) is 6.92 Å². The molecule has 0 saturated carbocycles. The quantitative estimate of drug-likeness (QED) is 0.655. The van der Waals surface area contributed by atoms with Gasteiger partial charge in [0.1, 0.15) is 5.82 Å². The number of amides is 1. The van der Waals surface area contributed by atoms with E-state index in [1.165, 1.54) is 5.56 Å². The summed E-state index contributed by atoms with van der Waals surface area (Å²) in [6.07, 6.45) is 2.03. The van der Waals surface area contributed by atoms with E-state index < -0.39 is 0 Å². The van der Waals surface area contributed by atoms with Crippen LogP contribution in [-0.4, -0.2) is 15.7 Å². The van der Waals surface area contributed by atoms with Gasteiger partial charge in [-0.3, -0.25) is 4.79 Å². The van der Waals surface area contributed by atoms with Gasteiger partial charge in [-0.25, -0.2) is 4.68 Å². The second-order valence-corrected chi connectivity index (χ2v) is 6.63. The number of carbonyl (C=O) groups is 1. The number of hydrogen-bond acceptors (Lipinski definition) is 2. The van der Waals surface area contributed by atoms with E-state index in [9.17, 15) is 4.79 Å². The number of anilines is 1. The smallest absolute Gasteiger partial charge is 0.229 e. The van der Waals surface area contributed by atoms with Gasteiger partial charge in [-0.05, 0) is 30.2 Å². The fourth-order valence-corrected chi connectivity index (χ4v) is 2.67. The van der Waals surface area contributed by atoms with Gasteiger partial charge in [-0.2, -0.15) is 5.10 Å².